The van der Waals surface area contributed by atoms with Gasteiger partial charge in [-0.15, -0.1) is 0 Å². The lowest BCUT2D eigenvalue weighted by Crippen LogP contribution is -2.38. The molecule has 0 aliphatic carbocycles. The van der Waals surface area contributed by atoms with Gasteiger partial charge in [0, 0.05) is 12.5 Å². The first-order valence-electron chi connectivity index (χ1n) is 12.0. The average Bonchev–Trinajstić information content (AvgIpc) is 3.14. The number of para-hydroxylation sites is 2. The first-order chi connectivity index (χ1) is 16.4. The largest absolute Gasteiger partial charge is 0.389 e. The number of aliphatic hydroxyl groups excluding tert-OH is 1. The third-order valence-corrected chi connectivity index (χ3v) is 6.79. The van der Waals surface area contributed by atoms with Crippen LogP contribution in [0, 0.1) is 13.8 Å². The van der Waals surface area contributed by atoms with Crippen molar-refractivity contribution in [1.29, 1.82) is 0 Å². The van der Waals surface area contributed by atoms with Crippen LogP contribution >= 0.6 is 0 Å². The van der Waals surface area contributed by atoms with E-state index in [0.29, 0.717) is 12.8 Å². The van der Waals surface area contributed by atoms with Crippen LogP contribution < -0.4 is 9.80 Å². The van der Waals surface area contributed by atoms with Crippen LogP contribution in [0.5, 0.6) is 0 Å². The van der Waals surface area contributed by atoms with Crippen LogP contribution in [0.25, 0.3) is 0 Å². The normalized spacial score (nSPS) is 14.8. The molecule has 4 heteroatoms. The maximum atomic E-state index is 12.0. The van der Waals surface area contributed by atoms with E-state index in [9.17, 15) is 9.90 Å². The van der Waals surface area contributed by atoms with Gasteiger partial charge < -0.3 is 14.9 Å². The summed E-state index contributed by atoms with van der Waals surface area (Å²) in [6.45, 7) is 10.5. The third-order valence-electron chi connectivity index (χ3n) is 6.79. The Labute approximate surface area is 203 Å². The predicted octanol–water partition coefficient (Wildman–Crippen LogP) is 6.12. The van der Waals surface area contributed by atoms with E-state index in [2.05, 4.69) is 110 Å². The predicted molar refractivity (Wildman–Crippen MR) is 140 cm³/mol. The molecule has 0 radical (unpaired) electrons. The first kappa shape index (κ1) is 23.8. The Morgan fingerprint density at radius 3 is 2.03 bits per heavy atom. The molecule has 0 spiro atoms. The van der Waals surface area contributed by atoms with Gasteiger partial charge in [-0.2, -0.15) is 0 Å². The molecule has 0 amide bonds. The Balaban J connectivity index is 1.70. The summed E-state index contributed by atoms with van der Waals surface area (Å²) >= 11 is 0. The number of aryl methyl sites for hydroxylation is 2. The van der Waals surface area contributed by atoms with Gasteiger partial charge in [-0.3, -0.25) is 4.79 Å². The van der Waals surface area contributed by atoms with E-state index in [1.807, 2.05) is 0 Å². The van der Waals surface area contributed by atoms with Crippen LogP contribution in [0.1, 0.15) is 48.1 Å². The molecule has 34 heavy (non-hydrogen) atoms. The zero-order chi connectivity index (χ0) is 24.2. The summed E-state index contributed by atoms with van der Waals surface area (Å²) in [6, 6.07) is 25.8. The number of benzene rings is 3. The number of carbonyl (C=O) groups excluding carboxylic acids is 1. The van der Waals surface area contributed by atoms with Crippen molar-refractivity contribution >= 4 is 17.2 Å². The molecule has 1 aliphatic heterocycles. The molecule has 176 valence electrons. The van der Waals surface area contributed by atoms with Crippen LogP contribution in [0.15, 0.2) is 85.2 Å². The maximum Gasteiger partial charge on any atom is 0.158 e. The minimum atomic E-state index is -0.411. The van der Waals surface area contributed by atoms with Crippen molar-refractivity contribution in [2.45, 2.75) is 52.1 Å². The summed E-state index contributed by atoms with van der Waals surface area (Å²) in [4.78, 5) is 16.6. The van der Waals surface area contributed by atoms with Gasteiger partial charge in [-0.25, -0.2) is 0 Å². The molecule has 4 rings (SSSR count). The summed E-state index contributed by atoms with van der Waals surface area (Å²) in [7, 11) is 0. The van der Waals surface area contributed by atoms with E-state index >= 15 is 0 Å². The monoisotopic (exact) mass is 454 g/mol. The van der Waals surface area contributed by atoms with Crippen LogP contribution in [0.2, 0.25) is 0 Å². The highest BCUT2D eigenvalue weighted by atomic mass is 16.3. The Morgan fingerprint density at radius 1 is 0.882 bits per heavy atom. The Hall–Kier alpha value is -3.37. The Kier molecular flexibility index (Phi) is 7.18. The highest BCUT2D eigenvalue weighted by Gasteiger charge is 2.37. The fourth-order valence-corrected chi connectivity index (χ4v) is 4.82. The van der Waals surface area contributed by atoms with Crippen molar-refractivity contribution in [2.75, 3.05) is 16.4 Å². The molecule has 0 aromatic heterocycles. The third kappa shape index (κ3) is 4.92. The number of carbonyl (C=O) groups is 1. The lowest BCUT2D eigenvalue weighted by atomic mass is 9.98. The zero-order valence-electron chi connectivity index (χ0n) is 20.4. The Morgan fingerprint density at radius 2 is 1.44 bits per heavy atom. The fourth-order valence-electron chi connectivity index (χ4n) is 4.82. The van der Waals surface area contributed by atoms with Crippen molar-refractivity contribution in [3.8, 4) is 0 Å². The standard InChI is InChI=1S/C30H34N2O2/c1-21-9-13-25(14-10-21)19-27(17-18-28(34)20-33)32-24(4)31(29-7-5-6-8-30(29)32)23(3)26-15-11-22(2)12-16-26/h5-16,23,27,33H,4,17-20H2,1-3H3/t23-,27?/m0/s1. The highest BCUT2D eigenvalue weighted by molar-refractivity contribution is 5.84. The molecule has 1 heterocycles. The number of nitrogens with zero attached hydrogens (tertiary/aromatic N) is 2. The van der Waals surface area contributed by atoms with Crippen molar-refractivity contribution in [2.24, 2.45) is 0 Å². The molecule has 4 nitrogen and oxygen atoms in total. The summed E-state index contributed by atoms with van der Waals surface area (Å²) in [5.41, 5.74) is 7.16. The molecular weight excluding hydrogens is 420 g/mol. The zero-order valence-corrected chi connectivity index (χ0v) is 20.4. The lowest BCUT2D eigenvalue weighted by Gasteiger charge is -2.34. The number of ketones is 1. The SMILES string of the molecule is C=C1N(C(CCC(=O)CO)Cc2ccc(C)cc2)c2ccccc2N1[C@@H](C)c1ccc(C)cc1. The second-order valence-corrected chi connectivity index (χ2v) is 9.31. The lowest BCUT2D eigenvalue weighted by molar-refractivity contribution is -0.121. The van der Waals surface area contributed by atoms with E-state index < -0.39 is 6.61 Å². The first-order valence-corrected chi connectivity index (χ1v) is 12.0. The van der Waals surface area contributed by atoms with Gasteiger partial charge in [-0.1, -0.05) is 78.4 Å². The molecule has 0 saturated heterocycles. The van der Waals surface area contributed by atoms with E-state index in [0.717, 1.165) is 23.6 Å². The smallest absolute Gasteiger partial charge is 0.158 e. The molecular formula is C30H34N2O2. The van der Waals surface area contributed by atoms with Gasteiger partial charge in [0.15, 0.2) is 5.78 Å². The van der Waals surface area contributed by atoms with E-state index in [-0.39, 0.29) is 17.9 Å². The second kappa shape index (κ2) is 10.3. The molecule has 3 aromatic rings. The summed E-state index contributed by atoms with van der Waals surface area (Å²) in [6.07, 6.45) is 1.78. The highest BCUT2D eigenvalue weighted by Crippen LogP contribution is 2.47. The van der Waals surface area contributed by atoms with Gasteiger partial charge in [-0.05, 0) is 56.9 Å². The number of rotatable bonds is 9. The maximum absolute atomic E-state index is 12.0. The van der Waals surface area contributed by atoms with Crippen molar-refractivity contribution in [1.82, 2.24) is 0 Å². The number of hydrogen-bond donors (Lipinski definition) is 1. The van der Waals surface area contributed by atoms with Gasteiger partial charge in [0.2, 0.25) is 0 Å². The van der Waals surface area contributed by atoms with Crippen LogP contribution in [0.3, 0.4) is 0 Å². The molecule has 1 aliphatic rings. The Bertz CT molecular complexity index is 1150. The number of anilines is 2. The van der Waals surface area contributed by atoms with E-state index in [1.54, 1.807) is 0 Å². The van der Waals surface area contributed by atoms with Crippen molar-refractivity contribution < 1.29 is 9.90 Å². The number of Topliss-reactive ketones (excluding diaryl/α,β-unsaturated/α-hetero) is 1. The molecule has 0 saturated carbocycles. The summed E-state index contributed by atoms with van der Waals surface area (Å²) < 4.78 is 0. The van der Waals surface area contributed by atoms with Crippen LogP contribution in [-0.4, -0.2) is 23.5 Å². The number of hydrogen-bond acceptors (Lipinski definition) is 4. The van der Waals surface area contributed by atoms with Crippen molar-refractivity contribution in [3.63, 3.8) is 0 Å². The second-order valence-electron chi connectivity index (χ2n) is 9.31. The minimum absolute atomic E-state index is 0.0436. The molecule has 0 fully saturated rings. The molecule has 2 atom stereocenters. The van der Waals surface area contributed by atoms with Gasteiger partial charge >= 0.3 is 0 Å². The van der Waals surface area contributed by atoms with E-state index in [1.165, 1.54) is 22.3 Å². The van der Waals surface area contributed by atoms with Crippen molar-refractivity contribution in [3.05, 3.63) is 107 Å². The molecule has 1 unspecified atom stereocenters. The minimum Gasteiger partial charge on any atom is -0.389 e. The van der Waals surface area contributed by atoms with E-state index in [4.69, 9.17) is 0 Å². The van der Waals surface area contributed by atoms with Gasteiger partial charge in [0.05, 0.1) is 17.4 Å². The van der Waals surface area contributed by atoms with Crippen LogP contribution in [0.4, 0.5) is 11.4 Å². The quantitative estimate of drug-likeness (QED) is 0.423. The summed E-state index contributed by atoms with van der Waals surface area (Å²) in [5, 5.41) is 9.31. The molecule has 0 bridgehead atoms. The topological polar surface area (TPSA) is 43.8 Å². The fraction of sp³-hybridized carbons (Fsp3) is 0.300. The molecule has 3 aromatic carbocycles. The molecule has 1 N–H and O–H groups in total. The average molecular weight is 455 g/mol. The van der Waals surface area contributed by atoms with Crippen LogP contribution in [-0.2, 0) is 11.2 Å². The summed E-state index contributed by atoms with van der Waals surface area (Å²) in [5.74, 6) is 0.791. The van der Waals surface area contributed by atoms with Gasteiger partial charge in [0.1, 0.15) is 12.4 Å². The number of aliphatic hydroxyl groups is 1. The number of fused-ring (bicyclic) bond motifs is 1. The van der Waals surface area contributed by atoms with Gasteiger partial charge in [0.25, 0.3) is 0 Å².